The predicted octanol–water partition coefficient (Wildman–Crippen LogP) is 4.81. The summed E-state index contributed by atoms with van der Waals surface area (Å²) >= 11 is 1.30. The van der Waals surface area contributed by atoms with Crippen molar-refractivity contribution >= 4 is 33.1 Å². The first-order valence-electron chi connectivity index (χ1n) is 9.49. The molecular weight excluding hydrogens is 382 g/mol. The Kier molecular flexibility index (Phi) is 4.21. The highest BCUT2D eigenvalue weighted by Gasteiger charge is 2.27. The van der Waals surface area contributed by atoms with Gasteiger partial charge in [0.25, 0.3) is 5.91 Å². The van der Waals surface area contributed by atoms with Gasteiger partial charge in [-0.15, -0.1) is 11.3 Å². The molecule has 0 unspecified atom stereocenters. The molecule has 1 amide bonds. The largest absolute Gasteiger partial charge is 0.507 e. The summed E-state index contributed by atoms with van der Waals surface area (Å²) in [6.07, 6.45) is 2.03. The highest BCUT2D eigenvalue weighted by Crippen LogP contribution is 2.42. The van der Waals surface area contributed by atoms with Crippen LogP contribution in [-0.4, -0.2) is 22.0 Å². The molecule has 1 fully saturated rings. The van der Waals surface area contributed by atoms with Crippen molar-refractivity contribution in [2.45, 2.75) is 18.9 Å². The number of hydrogen-bond donors (Lipinski definition) is 3. The van der Waals surface area contributed by atoms with E-state index < -0.39 is 0 Å². The number of nitrogens with zero attached hydrogens (tertiary/aromatic N) is 1. The lowest BCUT2D eigenvalue weighted by Crippen LogP contribution is -2.25. The molecule has 29 heavy (non-hydrogen) atoms. The van der Waals surface area contributed by atoms with Crippen molar-refractivity contribution in [3.63, 3.8) is 0 Å². The number of benzene rings is 2. The second-order valence-corrected chi connectivity index (χ2v) is 8.21. The van der Waals surface area contributed by atoms with Crippen LogP contribution in [0.2, 0.25) is 0 Å². The van der Waals surface area contributed by atoms with Gasteiger partial charge in [0, 0.05) is 17.0 Å². The number of nitrogens with one attached hydrogen (secondary N) is 1. The Morgan fingerprint density at radius 1 is 1.07 bits per heavy atom. The molecule has 1 aliphatic rings. The number of carbonyl (C=O) groups excluding carboxylic acids is 1. The molecule has 0 atom stereocenters. The number of phenols is 1. The number of anilines is 1. The van der Waals surface area contributed by atoms with Crippen LogP contribution in [0.1, 0.15) is 22.5 Å². The van der Waals surface area contributed by atoms with Gasteiger partial charge in [0.1, 0.15) is 15.5 Å². The number of fused-ring (bicyclic) bond motifs is 1. The van der Waals surface area contributed by atoms with E-state index in [1.807, 2.05) is 48.5 Å². The molecule has 0 spiro atoms. The van der Waals surface area contributed by atoms with E-state index in [0.717, 1.165) is 29.4 Å². The Morgan fingerprint density at radius 3 is 2.52 bits per heavy atom. The molecule has 2 aromatic heterocycles. The summed E-state index contributed by atoms with van der Waals surface area (Å²) in [6.45, 7) is 0. The summed E-state index contributed by atoms with van der Waals surface area (Å²) in [5.41, 5.74) is 10.1. The lowest BCUT2D eigenvalue weighted by molar-refractivity contribution is 0.0956. The Bertz CT molecular complexity index is 1230. The molecule has 1 saturated carbocycles. The van der Waals surface area contributed by atoms with Gasteiger partial charge in [-0.3, -0.25) is 4.79 Å². The highest BCUT2D eigenvalue weighted by atomic mass is 32.1. The lowest BCUT2D eigenvalue weighted by atomic mass is 9.99. The van der Waals surface area contributed by atoms with Gasteiger partial charge in [-0.05, 0) is 42.2 Å². The zero-order chi connectivity index (χ0) is 20.0. The monoisotopic (exact) mass is 401 g/mol. The summed E-state index contributed by atoms with van der Waals surface area (Å²) < 4.78 is 0. The van der Waals surface area contributed by atoms with Gasteiger partial charge >= 0.3 is 0 Å². The molecule has 2 aromatic carbocycles. The van der Waals surface area contributed by atoms with Crippen LogP contribution in [0.3, 0.4) is 0 Å². The molecule has 4 N–H and O–H groups in total. The van der Waals surface area contributed by atoms with Gasteiger partial charge in [-0.25, -0.2) is 4.98 Å². The molecule has 0 aliphatic heterocycles. The Labute approximate surface area is 171 Å². The molecule has 0 radical (unpaired) electrons. The van der Waals surface area contributed by atoms with Crippen molar-refractivity contribution in [2.24, 2.45) is 0 Å². The van der Waals surface area contributed by atoms with Crippen LogP contribution in [0.4, 0.5) is 5.69 Å². The van der Waals surface area contributed by atoms with Crippen molar-refractivity contribution in [1.29, 1.82) is 0 Å². The van der Waals surface area contributed by atoms with Crippen molar-refractivity contribution < 1.29 is 9.90 Å². The molecule has 2 heterocycles. The molecule has 5 nitrogen and oxygen atoms in total. The predicted molar refractivity (Wildman–Crippen MR) is 117 cm³/mol. The fourth-order valence-corrected chi connectivity index (χ4v) is 4.46. The summed E-state index contributed by atoms with van der Waals surface area (Å²) in [7, 11) is 0. The minimum atomic E-state index is -0.142. The maximum atomic E-state index is 12.7. The molecule has 5 rings (SSSR count). The highest BCUT2D eigenvalue weighted by molar-refractivity contribution is 7.21. The number of thiophene rings is 1. The normalized spacial score (nSPS) is 13.5. The third kappa shape index (κ3) is 3.21. The van der Waals surface area contributed by atoms with Gasteiger partial charge in [0.05, 0.1) is 11.4 Å². The number of nitrogen functional groups attached to an aromatic ring is 1. The molecule has 0 bridgehead atoms. The summed E-state index contributed by atoms with van der Waals surface area (Å²) in [5.74, 6) is 0.0192. The topological polar surface area (TPSA) is 88.2 Å². The number of pyridine rings is 1. The SMILES string of the molecule is Nc1c(C(=O)NC2CC2)sc2nc(-c3ccccc3O)cc(-c3ccccc3)c12. The second kappa shape index (κ2) is 6.90. The van der Waals surface area contributed by atoms with Crippen molar-refractivity contribution in [2.75, 3.05) is 5.73 Å². The smallest absolute Gasteiger partial charge is 0.263 e. The average Bonchev–Trinajstić information content (AvgIpc) is 3.49. The summed E-state index contributed by atoms with van der Waals surface area (Å²) in [5, 5.41) is 14.1. The van der Waals surface area contributed by atoms with E-state index in [0.29, 0.717) is 26.7 Å². The third-order valence-electron chi connectivity index (χ3n) is 5.08. The fourth-order valence-electron chi connectivity index (χ4n) is 3.44. The number of amides is 1. The van der Waals surface area contributed by atoms with Crippen LogP contribution >= 0.6 is 11.3 Å². The quantitative estimate of drug-likeness (QED) is 0.458. The van der Waals surface area contributed by atoms with E-state index in [-0.39, 0.29) is 17.7 Å². The number of hydrogen-bond acceptors (Lipinski definition) is 5. The second-order valence-electron chi connectivity index (χ2n) is 7.21. The van der Waals surface area contributed by atoms with Crippen LogP contribution in [0.15, 0.2) is 60.7 Å². The first-order chi connectivity index (χ1) is 14.1. The molecule has 144 valence electrons. The summed E-state index contributed by atoms with van der Waals surface area (Å²) in [4.78, 5) is 18.6. The van der Waals surface area contributed by atoms with Gasteiger partial charge in [-0.2, -0.15) is 0 Å². The van der Waals surface area contributed by atoms with Crippen LogP contribution in [0, 0.1) is 0 Å². The van der Waals surface area contributed by atoms with Gasteiger partial charge in [-0.1, -0.05) is 42.5 Å². The Morgan fingerprint density at radius 2 is 1.79 bits per heavy atom. The number of rotatable bonds is 4. The molecular formula is C23H19N3O2S. The number of aromatic hydroxyl groups is 1. The average molecular weight is 401 g/mol. The van der Waals surface area contributed by atoms with Crippen LogP contribution in [-0.2, 0) is 0 Å². The summed E-state index contributed by atoms with van der Waals surface area (Å²) in [6, 6.07) is 19.2. The van der Waals surface area contributed by atoms with E-state index in [2.05, 4.69) is 5.32 Å². The lowest BCUT2D eigenvalue weighted by Gasteiger charge is -2.10. The Balaban J connectivity index is 1.75. The number of phenolic OH excluding ortho intramolecular Hbond substituents is 1. The van der Waals surface area contributed by atoms with E-state index >= 15 is 0 Å². The van der Waals surface area contributed by atoms with Crippen molar-refractivity contribution in [1.82, 2.24) is 10.3 Å². The molecule has 4 aromatic rings. The Hall–Kier alpha value is -3.38. The molecule has 6 heteroatoms. The van der Waals surface area contributed by atoms with E-state index in [1.165, 1.54) is 11.3 Å². The zero-order valence-corrected chi connectivity index (χ0v) is 16.4. The first-order valence-corrected chi connectivity index (χ1v) is 10.3. The number of carbonyl (C=O) groups is 1. The minimum Gasteiger partial charge on any atom is -0.507 e. The molecule has 0 saturated heterocycles. The van der Waals surface area contributed by atoms with E-state index in [4.69, 9.17) is 10.7 Å². The number of nitrogens with two attached hydrogens (primary N) is 1. The maximum absolute atomic E-state index is 12.7. The van der Waals surface area contributed by atoms with E-state index in [9.17, 15) is 9.90 Å². The number of aromatic nitrogens is 1. The molecule has 1 aliphatic carbocycles. The standard InChI is InChI=1S/C23H19N3O2S/c24-20-19-16(13-6-2-1-3-7-13)12-17(15-8-4-5-9-18(15)27)26-23(19)29-21(20)22(28)25-14-10-11-14/h1-9,12,14,27H,10-11,24H2,(H,25,28). The van der Waals surface area contributed by atoms with Gasteiger partial charge in [0.2, 0.25) is 0 Å². The van der Waals surface area contributed by atoms with Crippen molar-refractivity contribution in [3.8, 4) is 28.1 Å². The van der Waals surface area contributed by atoms with Gasteiger partial charge < -0.3 is 16.2 Å². The maximum Gasteiger partial charge on any atom is 0.263 e. The van der Waals surface area contributed by atoms with Crippen molar-refractivity contribution in [3.05, 3.63) is 65.5 Å². The van der Waals surface area contributed by atoms with Gasteiger partial charge in [0.15, 0.2) is 0 Å². The van der Waals surface area contributed by atoms with E-state index in [1.54, 1.807) is 12.1 Å². The number of para-hydroxylation sites is 1. The van der Waals surface area contributed by atoms with Crippen LogP contribution in [0.5, 0.6) is 5.75 Å². The zero-order valence-electron chi connectivity index (χ0n) is 15.6. The van der Waals surface area contributed by atoms with Crippen LogP contribution in [0.25, 0.3) is 32.6 Å². The minimum absolute atomic E-state index is 0.142. The fraction of sp³-hybridized carbons (Fsp3) is 0.130. The first kappa shape index (κ1) is 17.7. The third-order valence-corrected chi connectivity index (χ3v) is 6.18. The van der Waals surface area contributed by atoms with Crippen LogP contribution < -0.4 is 11.1 Å².